The molecule has 23 heavy (non-hydrogen) atoms. The van der Waals surface area contributed by atoms with Crippen LogP contribution in [0.25, 0.3) is 0 Å². The van der Waals surface area contributed by atoms with Gasteiger partial charge in [0.15, 0.2) is 0 Å². The van der Waals surface area contributed by atoms with Crippen LogP contribution < -0.4 is 0 Å². The average Bonchev–Trinajstić information content (AvgIpc) is 2.47. The van der Waals surface area contributed by atoms with Crippen LogP contribution in [0.2, 0.25) is 0 Å². The van der Waals surface area contributed by atoms with E-state index in [-0.39, 0.29) is 0 Å². The average molecular weight is 312 g/mol. The molecule has 2 heteroatoms. The van der Waals surface area contributed by atoms with Gasteiger partial charge in [0.1, 0.15) is 11.5 Å². The van der Waals surface area contributed by atoms with Crippen LogP contribution in [-0.2, 0) is 6.42 Å². The van der Waals surface area contributed by atoms with E-state index in [1.165, 1.54) is 11.1 Å². The predicted molar refractivity (Wildman–Crippen MR) is 96.7 cm³/mol. The molecule has 124 valence electrons. The summed E-state index contributed by atoms with van der Waals surface area (Å²) in [5.74, 6) is 1.48. The highest BCUT2D eigenvalue weighted by Gasteiger charge is 2.14. The standard InChI is InChI=1S/C21H28O2/c1-12(2)16-7-14(5)20(22)18(9-16)11-19-10-17(13(3)4)8-15(6)21(19)23/h7-10,12-13,22-23H,11H2,1-6H3. The quantitative estimate of drug-likeness (QED) is 0.776. The van der Waals surface area contributed by atoms with Crippen molar-refractivity contribution in [2.45, 2.75) is 59.8 Å². The zero-order chi connectivity index (χ0) is 17.3. The van der Waals surface area contributed by atoms with Crippen LogP contribution in [0.4, 0.5) is 0 Å². The molecule has 0 aliphatic carbocycles. The van der Waals surface area contributed by atoms with E-state index >= 15 is 0 Å². The normalized spacial score (nSPS) is 11.5. The number of aryl methyl sites for hydroxylation is 2. The molecule has 0 fully saturated rings. The third kappa shape index (κ3) is 3.69. The lowest BCUT2D eigenvalue weighted by atomic mass is 9.91. The van der Waals surface area contributed by atoms with E-state index in [9.17, 15) is 10.2 Å². The SMILES string of the molecule is Cc1cc(C(C)C)cc(Cc2cc(C(C)C)cc(C)c2O)c1O. The first-order valence-corrected chi connectivity index (χ1v) is 8.35. The maximum absolute atomic E-state index is 10.4. The highest BCUT2D eigenvalue weighted by Crippen LogP contribution is 2.34. The Morgan fingerprint density at radius 3 is 1.35 bits per heavy atom. The lowest BCUT2D eigenvalue weighted by molar-refractivity contribution is 0.458. The molecule has 0 bridgehead atoms. The fraction of sp³-hybridized carbons (Fsp3) is 0.429. The lowest BCUT2D eigenvalue weighted by Gasteiger charge is -2.16. The van der Waals surface area contributed by atoms with Crippen molar-refractivity contribution in [2.24, 2.45) is 0 Å². The molecule has 2 aromatic carbocycles. The summed E-state index contributed by atoms with van der Waals surface area (Å²) in [5, 5.41) is 20.8. The maximum Gasteiger partial charge on any atom is 0.122 e. The summed E-state index contributed by atoms with van der Waals surface area (Å²) < 4.78 is 0. The number of phenols is 2. The summed E-state index contributed by atoms with van der Waals surface area (Å²) in [4.78, 5) is 0. The first kappa shape index (κ1) is 17.4. The summed E-state index contributed by atoms with van der Waals surface area (Å²) in [6, 6.07) is 8.20. The van der Waals surface area contributed by atoms with Crippen LogP contribution in [0.3, 0.4) is 0 Å². The molecule has 0 radical (unpaired) electrons. The van der Waals surface area contributed by atoms with Crippen LogP contribution in [0.5, 0.6) is 11.5 Å². The lowest BCUT2D eigenvalue weighted by Crippen LogP contribution is -1.99. The molecule has 0 atom stereocenters. The topological polar surface area (TPSA) is 40.5 Å². The second-order valence-electron chi connectivity index (χ2n) is 7.18. The Labute approximate surface area is 139 Å². The van der Waals surface area contributed by atoms with Gasteiger partial charge in [-0.1, -0.05) is 52.0 Å². The molecule has 0 heterocycles. The van der Waals surface area contributed by atoms with Crippen molar-refractivity contribution in [3.05, 3.63) is 57.6 Å². The van der Waals surface area contributed by atoms with Gasteiger partial charge in [0, 0.05) is 6.42 Å². The van der Waals surface area contributed by atoms with Crippen LogP contribution in [-0.4, -0.2) is 10.2 Å². The molecule has 2 rings (SSSR count). The highest BCUT2D eigenvalue weighted by atomic mass is 16.3. The Morgan fingerprint density at radius 2 is 1.04 bits per heavy atom. The minimum Gasteiger partial charge on any atom is -0.507 e. The molecule has 0 spiro atoms. The Hall–Kier alpha value is -1.96. The second-order valence-corrected chi connectivity index (χ2v) is 7.18. The molecule has 0 unspecified atom stereocenters. The first-order valence-electron chi connectivity index (χ1n) is 8.35. The Kier molecular flexibility index (Phi) is 5.03. The molecule has 2 aromatic rings. The Morgan fingerprint density at radius 1 is 0.696 bits per heavy atom. The van der Waals surface area contributed by atoms with E-state index in [1.807, 2.05) is 26.0 Å². The molecule has 0 amide bonds. The molecule has 2 N–H and O–H groups in total. The highest BCUT2D eigenvalue weighted by molar-refractivity contribution is 5.50. The molecule has 0 saturated heterocycles. The van der Waals surface area contributed by atoms with Crippen molar-refractivity contribution < 1.29 is 10.2 Å². The zero-order valence-electron chi connectivity index (χ0n) is 15.1. The van der Waals surface area contributed by atoms with Crippen molar-refractivity contribution in [3.63, 3.8) is 0 Å². The van der Waals surface area contributed by atoms with Crippen molar-refractivity contribution in [3.8, 4) is 11.5 Å². The van der Waals surface area contributed by atoms with Gasteiger partial charge < -0.3 is 10.2 Å². The van der Waals surface area contributed by atoms with E-state index in [0.29, 0.717) is 29.8 Å². The molecule has 0 aliphatic rings. The van der Waals surface area contributed by atoms with Crippen molar-refractivity contribution in [2.75, 3.05) is 0 Å². The molecule has 0 aliphatic heterocycles. The van der Waals surface area contributed by atoms with E-state index in [2.05, 4.69) is 39.8 Å². The largest absolute Gasteiger partial charge is 0.507 e. The van der Waals surface area contributed by atoms with Crippen LogP contribution in [0.1, 0.15) is 72.9 Å². The minimum absolute atomic E-state index is 0.335. The van der Waals surface area contributed by atoms with Crippen LogP contribution >= 0.6 is 0 Å². The third-order valence-electron chi connectivity index (χ3n) is 4.52. The Balaban J connectivity index is 2.51. The van der Waals surface area contributed by atoms with Gasteiger partial charge in [0.2, 0.25) is 0 Å². The van der Waals surface area contributed by atoms with Gasteiger partial charge in [0.05, 0.1) is 0 Å². The number of benzene rings is 2. The van der Waals surface area contributed by atoms with Gasteiger partial charge in [-0.3, -0.25) is 0 Å². The summed E-state index contributed by atoms with van der Waals surface area (Å²) in [6.45, 7) is 12.5. The molecule has 0 saturated carbocycles. The molecule has 0 aromatic heterocycles. The van der Waals surface area contributed by atoms with Gasteiger partial charge in [-0.25, -0.2) is 0 Å². The third-order valence-corrected chi connectivity index (χ3v) is 4.52. The first-order chi connectivity index (χ1) is 10.7. The van der Waals surface area contributed by atoms with Gasteiger partial charge in [-0.2, -0.15) is 0 Å². The molecular formula is C21H28O2. The monoisotopic (exact) mass is 312 g/mol. The Bertz CT molecular complexity index is 651. The second kappa shape index (κ2) is 6.66. The van der Waals surface area contributed by atoms with E-state index in [0.717, 1.165) is 22.3 Å². The van der Waals surface area contributed by atoms with Crippen molar-refractivity contribution in [1.29, 1.82) is 0 Å². The summed E-state index contributed by atoms with van der Waals surface area (Å²) >= 11 is 0. The number of phenolic OH excluding ortho intramolecular Hbond substituents is 2. The van der Waals surface area contributed by atoms with Crippen LogP contribution in [0, 0.1) is 13.8 Å². The fourth-order valence-electron chi connectivity index (χ4n) is 2.91. The number of rotatable bonds is 4. The van der Waals surface area contributed by atoms with Crippen molar-refractivity contribution >= 4 is 0 Å². The van der Waals surface area contributed by atoms with Gasteiger partial charge in [-0.15, -0.1) is 0 Å². The predicted octanol–water partition coefficient (Wildman–Crippen LogP) is 5.55. The number of aromatic hydroxyl groups is 2. The van der Waals surface area contributed by atoms with Gasteiger partial charge >= 0.3 is 0 Å². The summed E-state index contributed by atoms with van der Waals surface area (Å²) in [5.41, 5.74) is 5.97. The number of hydrogen-bond donors (Lipinski definition) is 2. The molecule has 2 nitrogen and oxygen atoms in total. The maximum atomic E-state index is 10.4. The molecular weight excluding hydrogens is 284 g/mol. The minimum atomic E-state index is 0.335. The van der Waals surface area contributed by atoms with Crippen LogP contribution in [0.15, 0.2) is 24.3 Å². The van der Waals surface area contributed by atoms with E-state index in [1.54, 1.807) is 0 Å². The van der Waals surface area contributed by atoms with Gasteiger partial charge in [0.25, 0.3) is 0 Å². The zero-order valence-corrected chi connectivity index (χ0v) is 15.1. The van der Waals surface area contributed by atoms with Crippen molar-refractivity contribution in [1.82, 2.24) is 0 Å². The van der Waals surface area contributed by atoms with E-state index < -0.39 is 0 Å². The number of hydrogen-bond acceptors (Lipinski definition) is 2. The fourth-order valence-corrected chi connectivity index (χ4v) is 2.91. The van der Waals surface area contributed by atoms with E-state index in [4.69, 9.17) is 0 Å². The van der Waals surface area contributed by atoms with Gasteiger partial charge in [-0.05, 0) is 59.1 Å². The summed E-state index contributed by atoms with van der Waals surface area (Å²) in [7, 11) is 0. The smallest absolute Gasteiger partial charge is 0.122 e. The summed E-state index contributed by atoms with van der Waals surface area (Å²) in [6.07, 6.45) is 0.542.